The molecule has 20 heavy (non-hydrogen) atoms. The molecule has 4 heteroatoms. The molecule has 4 nitrogen and oxygen atoms in total. The average molecular weight is 270 g/mol. The Labute approximate surface area is 120 Å². The molecule has 0 spiro atoms. The van der Waals surface area contributed by atoms with E-state index in [9.17, 15) is 0 Å². The lowest BCUT2D eigenvalue weighted by Crippen LogP contribution is -2.45. The summed E-state index contributed by atoms with van der Waals surface area (Å²) in [7, 11) is 0. The number of hydrogen-bond acceptors (Lipinski definition) is 3. The van der Waals surface area contributed by atoms with Crippen LogP contribution in [-0.2, 0) is 0 Å². The molecular weight excluding hydrogens is 248 g/mol. The molecule has 0 aliphatic carbocycles. The first-order valence-corrected chi connectivity index (χ1v) is 7.39. The van der Waals surface area contributed by atoms with Crippen molar-refractivity contribution in [2.45, 2.75) is 31.8 Å². The van der Waals surface area contributed by atoms with Crippen molar-refractivity contribution in [1.29, 1.82) is 0 Å². The Morgan fingerprint density at radius 2 is 2.10 bits per heavy atom. The first-order chi connectivity index (χ1) is 9.79. The van der Waals surface area contributed by atoms with E-state index in [1.54, 1.807) is 0 Å². The highest BCUT2D eigenvalue weighted by atomic mass is 15.3. The molecule has 3 rings (SSSR count). The van der Waals surface area contributed by atoms with E-state index in [1.807, 2.05) is 29.1 Å². The topological polar surface area (TPSA) is 47.1 Å². The summed E-state index contributed by atoms with van der Waals surface area (Å²) < 4.78 is 1.94. The number of para-hydroxylation sites is 1. The lowest BCUT2D eigenvalue weighted by Gasteiger charge is -2.38. The number of benzene rings is 1. The standard InChI is InChI=1S/C16H22N4/c1-2-19-10-6-9-15(17)16(19)13-11-18-20(12-13)14-7-4-3-5-8-14/h3-5,7-8,11-12,15-16H,2,6,9-10,17H2,1H3. The number of nitrogens with two attached hydrogens (primary N) is 1. The molecule has 2 heterocycles. The highest BCUT2D eigenvalue weighted by molar-refractivity contribution is 5.31. The van der Waals surface area contributed by atoms with Crippen molar-refractivity contribution < 1.29 is 0 Å². The van der Waals surface area contributed by atoms with Crippen molar-refractivity contribution in [3.05, 3.63) is 48.3 Å². The molecule has 2 atom stereocenters. The number of rotatable bonds is 3. The maximum Gasteiger partial charge on any atom is 0.0645 e. The first-order valence-electron chi connectivity index (χ1n) is 7.39. The van der Waals surface area contributed by atoms with E-state index in [-0.39, 0.29) is 6.04 Å². The van der Waals surface area contributed by atoms with Gasteiger partial charge in [0.2, 0.25) is 0 Å². The lowest BCUT2D eigenvalue weighted by atomic mass is 9.93. The van der Waals surface area contributed by atoms with Crippen molar-refractivity contribution >= 4 is 0 Å². The van der Waals surface area contributed by atoms with Gasteiger partial charge in [-0.05, 0) is 38.1 Å². The van der Waals surface area contributed by atoms with Crippen LogP contribution < -0.4 is 5.73 Å². The van der Waals surface area contributed by atoms with Crippen LogP contribution in [0.5, 0.6) is 0 Å². The van der Waals surface area contributed by atoms with Crippen molar-refractivity contribution in [2.75, 3.05) is 13.1 Å². The normalized spacial score (nSPS) is 23.9. The Bertz CT molecular complexity index is 549. The summed E-state index contributed by atoms with van der Waals surface area (Å²) in [5.74, 6) is 0. The predicted molar refractivity (Wildman–Crippen MR) is 80.8 cm³/mol. The van der Waals surface area contributed by atoms with E-state index in [4.69, 9.17) is 5.73 Å². The van der Waals surface area contributed by atoms with Gasteiger partial charge in [0.15, 0.2) is 0 Å². The molecule has 0 bridgehead atoms. The second kappa shape index (κ2) is 5.77. The zero-order valence-electron chi connectivity index (χ0n) is 11.9. The molecule has 1 aromatic heterocycles. The number of nitrogens with zero attached hydrogens (tertiary/aromatic N) is 3. The first kappa shape index (κ1) is 13.3. The number of likely N-dealkylation sites (tertiary alicyclic amines) is 1. The quantitative estimate of drug-likeness (QED) is 0.931. The zero-order valence-corrected chi connectivity index (χ0v) is 11.9. The minimum absolute atomic E-state index is 0.206. The molecule has 1 aliphatic rings. The number of hydrogen-bond donors (Lipinski definition) is 1. The van der Waals surface area contributed by atoms with Crippen LogP contribution in [0, 0.1) is 0 Å². The highest BCUT2D eigenvalue weighted by Crippen LogP contribution is 2.29. The molecule has 0 radical (unpaired) electrons. The third-order valence-corrected chi connectivity index (χ3v) is 4.15. The van der Waals surface area contributed by atoms with Gasteiger partial charge in [-0.25, -0.2) is 4.68 Å². The Morgan fingerprint density at radius 1 is 1.30 bits per heavy atom. The van der Waals surface area contributed by atoms with Gasteiger partial charge in [0.05, 0.1) is 17.9 Å². The van der Waals surface area contributed by atoms with Gasteiger partial charge in [0.1, 0.15) is 0 Å². The number of aromatic nitrogens is 2. The predicted octanol–water partition coefficient (Wildman–Crippen LogP) is 2.36. The van der Waals surface area contributed by atoms with Gasteiger partial charge in [-0.3, -0.25) is 4.90 Å². The Balaban J connectivity index is 1.89. The van der Waals surface area contributed by atoms with E-state index in [2.05, 4.69) is 35.3 Å². The monoisotopic (exact) mass is 270 g/mol. The van der Waals surface area contributed by atoms with Crippen LogP contribution in [0.3, 0.4) is 0 Å². The number of likely N-dealkylation sites (N-methyl/N-ethyl adjacent to an activating group) is 1. The molecule has 1 fully saturated rings. The summed E-state index contributed by atoms with van der Waals surface area (Å²) in [5, 5.41) is 4.50. The van der Waals surface area contributed by atoms with Crippen LogP contribution in [0.2, 0.25) is 0 Å². The van der Waals surface area contributed by atoms with Crippen LogP contribution >= 0.6 is 0 Å². The minimum atomic E-state index is 0.206. The summed E-state index contributed by atoms with van der Waals surface area (Å²) >= 11 is 0. The van der Waals surface area contributed by atoms with E-state index in [1.165, 1.54) is 12.0 Å². The molecule has 0 amide bonds. The van der Waals surface area contributed by atoms with Gasteiger partial charge in [-0.2, -0.15) is 5.10 Å². The van der Waals surface area contributed by atoms with Gasteiger partial charge in [0, 0.05) is 17.8 Å². The fourth-order valence-corrected chi connectivity index (χ4v) is 3.12. The minimum Gasteiger partial charge on any atom is -0.326 e. The summed E-state index contributed by atoms with van der Waals surface area (Å²) in [6.07, 6.45) is 6.37. The fourth-order valence-electron chi connectivity index (χ4n) is 3.12. The van der Waals surface area contributed by atoms with Crippen molar-refractivity contribution in [3.8, 4) is 5.69 Å². The molecule has 2 N–H and O–H groups in total. The van der Waals surface area contributed by atoms with Crippen molar-refractivity contribution in [3.63, 3.8) is 0 Å². The van der Waals surface area contributed by atoms with Gasteiger partial charge >= 0.3 is 0 Å². The third kappa shape index (κ3) is 2.49. The zero-order chi connectivity index (χ0) is 13.9. The SMILES string of the molecule is CCN1CCCC(N)C1c1cnn(-c2ccccc2)c1. The van der Waals surface area contributed by atoms with Crippen LogP contribution in [-0.4, -0.2) is 33.8 Å². The molecule has 1 aliphatic heterocycles. The van der Waals surface area contributed by atoms with Crippen LogP contribution in [0.4, 0.5) is 0 Å². The van der Waals surface area contributed by atoms with Crippen LogP contribution in [0.15, 0.2) is 42.7 Å². The van der Waals surface area contributed by atoms with Crippen molar-refractivity contribution in [1.82, 2.24) is 14.7 Å². The summed E-state index contributed by atoms with van der Waals surface area (Å²) in [6.45, 7) is 4.37. The van der Waals surface area contributed by atoms with Gasteiger partial charge < -0.3 is 5.73 Å². The fraction of sp³-hybridized carbons (Fsp3) is 0.438. The Morgan fingerprint density at radius 3 is 2.85 bits per heavy atom. The van der Waals surface area contributed by atoms with Crippen LogP contribution in [0.25, 0.3) is 5.69 Å². The second-order valence-corrected chi connectivity index (χ2v) is 5.43. The molecule has 1 aromatic carbocycles. The van der Waals surface area contributed by atoms with E-state index < -0.39 is 0 Å². The molecule has 1 saturated heterocycles. The maximum atomic E-state index is 6.35. The smallest absolute Gasteiger partial charge is 0.0645 e. The molecule has 0 saturated carbocycles. The Kier molecular flexibility index (Phi) is 3.85. The summed E-state index contributed by atoms with van der Waals surface area (Å²) in [5.41, 5.74) is 8.66. The van der Waals surface area contributed by atoms with E-state index in [0.29, 0.717) is 6.04 Å². The molecule has 2 aromatic rings. The van der Waals surface area contributed by atoms with Crippen LogP contribution in [0.1, 0.15) is 31.4 Å². The van der Waals surface area contributed by atoms with Gasteiger partial charge in [0.25, 0.3) is 0 Å². The maximum absolute atomic E-state index is 6.35. The van der Waals surface area contributed by atoms with E-state index >= 15 is 0 Å². The molecule has 106 valence electrons. The van der Waals surface area contributed by atoms with E-state index in [0.717, 1.165) is 25.2 Å². The number of piperidine rings is 1. The van der Waals surface area contributed by atoms with Gasteiger partial charge in [-0.1, -0.05) is 25.1 Å². The summed E-state index contributed by atoms with van der Waals surface area (Å²) in [6, 6.07) is 10.7. The highest BCUT2D eigenvalue weighted by Gasteiger charge is 2.30. The summed E-state index contributed by atoms with van der Waals surface area (Å²) in [4.78, 5) is 2.46. The molecular formula is C16H22N4. The second-order valence-electron chi connectivity index (χ2n) is 5.43. The third-order valence-electron chi connectivity index (χ3n) is 4.15. The largest absolute Gasteiger partial charge is 0.326 e. The molecule has 2 unspecified atom stereocenters. The van der Waals surface area contributed by atoms with Crippen molar-refractivity contribution in [2.24, 2.45) is 5.73 Å². The van der Waals surface area contributed by atoms with Gasteiger partial charge in [-0.15, -0.1) is 0 Å². The Hall–Kier alpha value is -1.65. The average Bonchev–Trinajstić information content (AvgIpc) is 2.97. The lowest BCUT2D eigenvalue weighted by molar-refractivity contribution is 0.136.